The third kappa shape index (κ3) is 2.24. The van der Waals surface area contributed by atoms with Gasteiger partial charge in [-0.2, -0.15) is 5.10 Å². The van der Waals surface area contributed by atoms with E-state index in [1.165, 1.54) is 0 Å². The number of hydrogen-bond donors (Lipinski definition) is 0. The summed E-state index contributed by atoms with van der Waals surface area (Å²) in [5, 5.41) is 12.6. The highest BCUT2D eigenvalue weighted by atomic mass is 16.1. The molecule has 21 heavy (non-hydrogen) atoms. The van der Waals surface area contributed by atoms with Gasteiger partial charge in [0, 0.05) is 23.9 Å². The minimum absolute atomic E-state index is 0.616. The summed E-state index contributed by atoms with van der Waals surface area (Å²) in [7, 11) is 1.89. The van der Waals surface area contributed by atoms with Crippen molar-refractivity contribution in [3.63, 3.8) is 0 Å². The van der Waals surface area contributed by atoms with E-state index in [1.807, 2.05) is 33.2 Å². The van der Waals surface area contributed by atoms with Gasteiger partial charge in [-0.25, -0.2) is 4.68 Å². The summed E-state index contributed by atoms with van der Waals surface area (Å²) in [4.78, 5) is 10.9. The third-order valence-corrected chi connectivity index (χ3v) is 3.62. The molecule has 0 radical (unpaired) electrons. The molecule has 0 bridgehead atoms. The van der Waals surface area contributed by atoms with E-state index in [1.54, 1.807) is 27.7 Å². The topological polar surface area (TPSA) is 65.6 Å². The van der Waals surface area contributed by atoms with Crippen LogP contribution in [-0.4, -0.2) is 31.1 Å². The summed E-state index contributed by atoms with van der Waals surface area (Å²) in [6, 6.07) is 5.49. The van der Waals surface area contributed by atoms with Crippen LogP contribution in [0.4, 0.5) is 0 Å². The maximum atomic E-state index is 10.9. The molecule has 3 rings (SSSR count). The van der Waals surface area contributed by atoms with Crippen molar-refractivity contribution in [3.8, 4) is 16.9 Å². The van der Waals surface area contributed by atoms with Gasteiger partial charge in [-0.3, -0.25) is 9.48 Å². The average molecular weight is 281 g/mol. The second-order valence-corrected chi connectivity index (χ2v) is 4.98. The lowest BCUT2D eigenvalue weighted by Crippen LogP contribution is -1.99. The van der Waals surface area contributed by atoms with Gasteiger partial charge in [-0.15, -0.1) is 5.10 Å². The molecule has 0 N–H and O–H groups in total. The molecule has 6 heteroatoms. The molecule has 2 heterocycles. The molecule has 0 amide bonds. The normalized spacial score (nSPS) is 10.8. The Labute approximate surface area is 122 Å². The molecule has 6 nitrogen and oxygen atoms in total. The second kappa shape index (κ2) is 4.97. The van der Waals surface area contributed by atoms with Crippen LogP contribution in [0.2, 0.25) is 0 Å². The van der Waals surface area contributed by atoms with Crippen LogP contribution < -0.4 is 0 Å². The van der Waals surface area contributed by atoms with Crippen LogP contribution in [0.1, 0.15) is 21.6 Å². The second-order valence-electron chi connectivity index (χ2n) is 4.98. The van der Waals surface area contributed by atoms with Gasteiger partial charge in [0.25, 0.3) is 0 Å². The number of hydrogen-bond acceptors (Lipinski definition) is 4. The lowest BCUT2D eigenvalue weighted by Gasteiger charge is -2.05. The van der Waals surface area contributed by atoms with Crippen LogP contribution in [0.5, 0.6) is 0 Å². The van der Waals surface area contributed by atoms with Gasteiger partial charge >= 0.3 is 0 Å². The zero-order chi connectivity index (χ0) is 15.0. The Hall–Kier alpha value is -2.76. The molecule has 0 fully saturated rings. The van der Waals surface area contributed by atoms with E-state index < -0.39 is 0 Å². The number of aldehydes is 1. The summed E-state index contributed by atoms with van der Waals surface area (Å²) in [6.07, 6.45) is 4.45. The van der Waals surface area contributed by atoms with Gasteiger partial charge in [0.1, 0.15) is 12.0 Å². The van der Waals surface area contributed by atoms with Gasteiger partial charge in [-0.05, 0) is 25.5 Å². The van der Waals surface area contributed by atoms with Crippen molar-refractivity contribution in [3.05, 3.63) is 47.4 Å². The molecule has 0 unspecified atom stereocenters. The molecule has 2 aromatic heterocycles. The third-order valence-electron chi connectivity index (χ3n) is 3.62. The molecule has 0 aliphatic carbocycles. The fraction of sp³-hybridized carbons (Fsp3) is 0.200. The Morgan fingerprint density at radius 1 is 1.24 bits per heavy atom. The van der Waals surface area contributed by atoms with Crippen molar-refractivity contribution >= 4 is 6.29 Å². The molecule has 0 aliphatic heterocycles. The van der Waals surface area contributed by atoms with Crippen molar-refractivity contribution < 1.29 is 4.79 Å². The van der Waals surface area contributed by atoms with E-state index in [4.69, 9.17) is 0 Å². The quantitative estimate of drug-likeness (QED) is 0.690. The van der Waals surface area contributed by atoms with Gasteiger partial charge in [0.15, 0.2) is 0 Å². The predicted octanol–water partition coefficient (Wildman–Crippen LogP) is 2.10. The van der Waals surface area contributed by atoms with E-state index in [2.05, 4.69) is 15.4 Å². The molecule has 0 aliphatic rings. The first kappa shape index (κ1) is 13.2. The Morgan fingerprint density at radius 3 is 2.71 bits per heavy atom. The van der Waals surface area contributed by atoms with E-state index in [0.717, 1.165) is 34.5 Å². The first-order valence-corrected chi connectivity index (χ1v) is 6.57. The first-order valence-electron chi connectivity index (χ1n) is 6.57. The van der Waals surface area contributed by atoms with Gasteiger partial charge in [0.05, 0.1) is 18.1 Å². The molecular weight excluding hydrogens is 266 g/mol. The molecule has 0 saturated heterocycles. The van der Waals surface area contributed by atoms with Crippen LogP contribution in [0.3, 0.4) is 0 Å². The fourth-order valence-corrected chi connectivity index (χ4v) is 2.20. The molecule has 106 valence electrons. The summed E-state index contributed by atoms with van der Waals surface area (Å²) < 4.78 is 3.48. The number of carbonyl (C=O) groups is 1. The highest BCUT2D eigenvalue weighted by Crippen LogP contribution is 2.22. The monoisotopic (exact) mass is 281 g/mol. The Bertz CT molecular complexity index is 815. The number of nitrogens with zero attached hydrogens (tertiary/aromatic N) is 5. The maximum Gasteiger partial charge on any atom is 0.150 e. The maximum absolute atomic E-state index is 10.9. The molecule has 0 saturated carbocycles. The minimum Gasteiger partial charge on any atom is -0.298 e. The number of aromatic nitrogens is 5. The SMILES string of the molecule is Cc1ccc(C=O)cc1-n1cc(-c2cnn(C)c2C)nn1. The molecule has 1 aromatic carbocycles. The lowest BCUT2D eigenvalue weighted by molar-refractivity contribution is 0.112. The Morgan fingerprint density at radius 2 is 2.05 bits per heavy atom. The molecule has 0 spiro atoms. The number of rotatable bonds is 3. The molecule has 0 atom stereocenters. The van der Waals surface area contributed by atoms with Crippen molar-refractivity contribution in [2.24, 2.45) is 7.05 Å². The summed E-state index contributed by atoms with van der Waals surface area (Å²) in [6.45, 7) is 3.96. The van der Waals surface area contributed by atoms with Crippen LogP contribution in [0.25, 0.3) is 16.9 Å². The van der Waals surface area contributed by atoms with E-state index in [9.17, 15) is 4.79 Å². The van der Waals surface area contributed by atoms with Gasteiger partial charge in [-0.1, -0.05) is 17.3 Å². The predicted molar refractivity (Wildman–Crippen MR) is 78.4 cm³/mol. The highest BCUT2D eigenvalue weighted by Gasteiger charge is 2.12. The van der Waals surface area contributed by atoms with Crippen molar-refractivity contribution in [2.75, 3.05) is 0 Å². The van der Waals surface area contributed by atoms with Crippen LogP contribution >= 0.6 is 0 Å². The first-order chi connectivity index (χ1) is 10.1. The standard InChI is InChI=1S/C15H15N5O/c1-10-4-5-12(9-21)6-15(10)20-8-14(17-18-20)13-7-16-19(3)11(13)2/h4-9H,1-3H3. The van der Waals surface area contributed by atoms with E-state index >= 15 is 0 Å². The fourth-order valence-electron chi connectivity index (χ4n) is 2.20. The minimum atomic E-state index is 0.616. The zero-order valence-electron chi connectivity index (χ0n) is 12.1. The van der Waals surface area contributed by atoms with E-state index in [0.29, 0.717) is 5.56 Å². The lowest BCUT2D eigenvalue weighted by atomic mass is 10.1. The highest BCUT2D eigenvalue weighted by molar-refractivity contribution is 5.76. The van der Waals surface area contributed by atoms with E-state index in [-0.39, 0.29) is 0 Å². The van der Waals surface area contributed by atoms with Gasteiger partial charge in [0.2, 0.25) is 0 Å². The van der Waals surface area contributed by atoms with Crippen molar-refractivity contribution in [1.29, 1.82) is 0 Å². The largest absolute Gasteiger partial charge is 0.298 e. The Kier molecular flexibility index (Phi) is 3.13. The van der Waals surface area contributed by atoms with Gasteiger partial charge < -0.3 is 0 Å². The summed E-state index contributed by atoms with van der Waals surface area (Å²) in [5.74, 6) is 0. The number of benzene rings is 1. The average Bonchev–Trinajstić information content (AvgIpc) is 3.08. The van der Waals surface area contributed by atoms with Crippen molar-refractivity contribution in [1.82, 2.24) is 24.8 Å². The Balaban J connectivity index is 2.06. The van der Waals surface area contributed by atoms with Crippen LogP contribution in [0.15, 0.2) is 30.6 Å². The number of carbonyl (C=O) groups excluding carboxylic acids is 1. The van der Waals surface area contributed by atoms with Crippen LogP contribution in [0, 0.1) is 13.8 Å². The smallest absolute Gasteiger partial charge is 0.150 e. The zero-order valence-corrected chi connectivity index (χ0v) is 12.1. The number of aryl methyl sites for hydroxylation is 2. The van der Waals surface area contributed by atoms with Crippen molar-refractivity contribution in [2.45, 2.75) is 13.8 Å². The summed E-state index contributed by atoms with van der Waals surface area (Å²) in [5.41, 5.74) is 5.23. The molecule has 3 aromatic rings. The summed E-state index contributed by atoms with van der Waals surface area (Å²) >= 11 is 0. The molecular formula is C15H15N5O. The van der Waals surface area contributed by atoms with Crippen LogP contribution in [-0.2, 0) is 7.05 Å².